The molecule has 1 heterocycles. The maximum absolute atomic E-state index is 11.7. The van der Waals surface area contributed by atoms with Gasteiger partial charge in [0.2, 0.25) is 17.6 Å². The van der Waals surface area contributed by atoms with Crippen LogP contribution < -0.4 is 11.1 Å². The van der Waals surface area contributed by atoms with Gasteiger partial charge in [-0.25, -0.2) is 0 Å². The number of nitrogens with two attached hydrogens (primary N) is 1. The van der Waals surface area contributed by atoms with Gasteiger partial charge in [0.15, 0.2) is 0 Å². The summed E-state index contributed by atoms with van der Waals surface area (Å²) in [5.74, 6) is 0.501. The molecule has 1 aromatic carbocycles. The Labute approximate surface area is 139 Å². The lowest BCUT2D eigenvalue weighted by Gasteiger charge is -2.14. The van der Waals surface area contributed by atoms with Gasteiger partial charge in [0, 0.05) is 5.56 Å². The van der Waals surface area contributed by atoms with E-state index >= 15 is 0 Å². The smallest absolute Gasteiger partial charge is 0.246 e. The van der Waals surface area contributed by atoms with Crippen LogP contribution in [-0.2, 0) is 11.3 Å². The number of benzene rings is 1. The highest BCUT2D eigenvalue weighted by molar-refractivity contribution is 6.33. The molecule has 1 amide bonds. The first-order valence-corrected chi connectivity index (χ1v) is 6.97. The Bertz CT molecular complexity index is 631. The van der Waals surface area contributed by atoms with Gasteiger partial charge in [0.25, 0.3) is 0 Å². The Balaban J connectivity index is 0.00000242. The van der Waals surface area contributed by atoms with Crippen molar-refractivity contribution >= 4 is 29.9 Å². The maximum atomic E-state index is 11.7. The molecule has 8 heteroatoms. The summed E-state index contributed by atoms with van der Waals surface area (Å²) < 4.78 is 5.09. The number of nitrogens with one attached hydrogen (secondary N) is 1. The average Bonchev–Trinajstić information content (AvgIpc) is 2.93. The number of hydrogen-bond acceptors (Lipinski definition) is 5. The molecule has 0 aliphatic carbocycles. The SMILES string of the molecule is CC(C)[C@H](N)C(=O)NCc1nc(-c2ccccc2Cl)no1.Cl. The minimum Gasteiger partial charge on any atom is -0.346 e. The molecular weight excluding hydrogens is 327 g/mol. The fraction of sp³-hybridized carbons (Fsp3) is 0.357. The zero-order valence-corrected chi connectivity index (χ0v) is 13.8. The summed E-state index contributed by atoms with van der Waals surface area (Å²) >= 11 is 6.06. The number of aromatic nitrogens is 2. The normalized spacial score (nSPS) is 11.9. The van der Waals surface area contributed by atoms with Crippen molar-refractivity contribution in [3.8, 4) is 11.4 Å². The van der Waals surface area contributed by atoms with Crippen molar-refractivity contribution in [3.63, 3.8) is 0 Å². The molecule has 0 spiro atoms. The van der Waals surface area contributed by atoms with Crippen molar-refractivity contribution in [2.24, 2.45) is 11.7 Å². The molecular formula is C14H18Cl2N4O2. The maximum Gasteiger partial charge on any atom is 0.246 e. The Morgan fingerprint density at radius 1 is 1.41 bits per heavy atom. The second-order valence-corrected chi connectivity index (χ2v) is 5.39. The topological polar surface area (TPSA) is 94.0 Å². The standard InChI is InChI=1S/C14H17ClN4O2.ClH/c1-8(2)12(16)14(20)17-7-11-18-13(19-21-11)9-5-3-4-6-10(9)15;/h3-6,8,12H,7,16H2,1-2H3,(H,17,20);1H/t12-;/m0./s1. The second-order valence-electron chi connectivity index (χ2n) is 4.98. The van der Waals surface area contributed by atoms with Crippen LogP contribution in [0, 0.1) is 5.92 Å². The molecule has 6 nitrogen and oxygen atoms in total. The summed E-state index contributed by atoms with van der Waals surface area (Å²) in [7, 11) is 0. The van der Waals surface area contributed by atoms with E-state index in [1.165, 1.54) is 0 Å². The molecule has 2 rings (SSSR count). The number of carbonyl (C=O) groups is 1. The lowest BCUT2D eigenvalue weighted by molar-refractivity contribution is -0.123. The van der Waals surface area contributed by atoms with Crippen LogP contribution in [0.4, 0.5) is 0 Å². The molecule has 3 N–H and O–H groups in total. The Kier molecular flexibility index (Phi) is 6.80. The largest absolute Gasteiger partial charge is 0.346 e. The van der Waals surface area contributed by atoms with E-state index in [9.17, 15) is 4.79 Å². The van der Waals surface area contributed by atoms with Crippen LogP contribution in [-0.4, -0.2) is 22.1 Å². The molecule has 0 bridgehead atoms. The Hall–Kier alpha value is -1.63. The van der Waals surface area contributed by atoms with Gasteiger partial charge in [-0.3, -0.25) is 4.79 Å². The van der Waals surface area contributed by atoms with E-state index in [0.29, 0.717) is 22.3 Å². The highest BCUT2D eigenvalue weighted by atomic mass is 35.5. The predicted octanol–water partition coefficient (Wildman–Crippen LogP) is 2.41. The third-order valence-corrected chi connectivity index (χ3v) is 3.35. The molecule has 22 heavy (non-hydrogen) atoms. The zero-order chi connectivity index (χ0) is 15.4. The summed E-state index contributed by atoms with van der Waals surface area (Å²) in [6, 6.07) is 6.64. The van der Waals surface area contributed by atoms with E-state index in [2.05, 4.69) is 15.5 Å². The van der Waals surface area contributed by atoms with Crippen molar-refractivity contribution in [3.05, 3.63) is 35.2 Å². The molecule has 120 valence electrons. The van der Waals surface area contributed by atoms with Crippen molar-refractivity contribution in [1.82, 2.24) is 15.5 Å². The lowest BCUT2D eigenvalue weighted by atomic mass is 10.1. The van der Waals surface area contributed by atoms with Gasteiger partial charge in [0.05, 0.1) is 17.6 Å². The number of hydrogen-bond donors (Lipinski definition) is 2. The molecule has 1 atom stereocenters. The van der Waals surface area contributed by atoms with Crippen LogP contribution in [0.2, 0.25) is 5.02 Å². The number of halogens is 2. The van der Waals surface area contributed by atoms with E-state index in [1.807, 2.05) is 26.0 Å². The van der Waals surface area contributed by atoms with Crippen LogP contribution in [0.15, 0.2) is 28.8 Å². The average molecular weight is 345 g/mol. The van der Waals surface area contributed by atoms with Crippen LogP contribution in [0.25, 0.3) is 11.4 Å². The summed E-state index contributed by atoms with van der Waals surface area (Å²) in [4.78, 5) is 15.9. The number of carbonyl (C=O) groups excluding carboxylic acids is 1. The molecule has 0 radical (unpaired) electrons. The fourth-order valence-electron chi connectivity index (χ4n) is 1.66. The van der Waals surface area contributed by atoms with E-state index < -0.39 is 6.04 Å². The minimum atomic E-state index is -0.559. The third kappa shape index (κ3) is 4.43. The first kappa shape index (κ1) is 18.4. The predicted molar refractivity (Wildman–Crippen MR) is 86.7 cm³/mol. The van der Waals surface area contributed by atoms with Gasteiger partial charge in [0.1, 0.15) is 0 Å². The van der Waals surface area contributed by atoms with E-state index in [0.717, 1.165) is 0 Å². The van der Waals surface area contributed by atoms with Crippen LogP contribution >= 0.6 is 24.0 Å². The molecule has 0 unspecified atom stereocenters. The second kappa shape index (κ2) is 8.12. The summed E-state index contributed by atoms with van der Waals surface area (Å²) in [6.45, 7) is 3.90. The molecule has 0 fully saturated rings. The van der Waals surface area contributed by atoms with Crippen LogP contribution in [0.3, 0.4) is 0 Å². The quantitative estimate of drug-likeness (QED) is 0.868. The zero-order valence-electron chi connectivity index (χ0n) is 12.2. The fourth-order valence-corrected chi connectivity index (χ4v) is 1.88. The Morgan fingerprint density at radius 3 is 2.73 bits per heavy atom. The van der Waals surface area contributed by atoms with Crippen LogP contribution in [0.1, 0.15) is 19.7 Å². The molecule has 2 aromatic rings. The van der Waals surface area contributed by atoms with Crippen molar-refractivity contribution in [2.45, 2.75) is 26.4 Å². The van der Waals surface area contributed by atoms with Gasteiger partial charge < -0.3 is 15.6 Å². The third-order valence-electron chi connectivity index (χ3n) is 3.02. The summed E-state index contributed by atoms with van der Waals surface area (Å²) in [5.41, 5.74) is 6.42. The molecule has 0 saturated carbocycles. The highest BCUT2D eigenvalue weighted by Gasteiger charge is 2.18. The molecule has 0 saturated heterocycles. The first-order valence-electron chi connectivity index (χ1n) is 6.60. The number of rotatable bonds is 5. The van der Waals surface area contributed by atoms with E-state index in [-0.39, 0.29) is 30.8 Å². The molecule has 1 aromatic heterocycles. The van der Waals surface area contributed by atoms with E-state index in [1.54, 1.807) is 12.1 Å². The van der Waals surface area contributed by atoms with Crippen molar-refractivity contribution < 1.29 is 9.32 Å². The number of amides is 1. The Morgan fingerprint density at radius 2 is 2.09 bits per heavy atom. The number of nitrogens with zero attached hydrogens (tertiary/aromatic N) is 2. The van der Waals surface area contributed by atoms with Gasteiger partial charge in [-0.2, -0.15) is 4.98 Å². The van der Waals surface area contributed by atoms with Crippen molar-refractivity contribution in [2.75, 3.05) is 0 Å². The molecule has 0 aliphatic rings. The minimum absolute atomic E-state index is 0. The van der Waals surface area contributed by atoms with Gasteiger partial charge in [-0.1, -0.05) is 42.7 Å². The van der Waals surface area contributed by atoms with Gasteiger partial charge in [-0.15, -0.1) is 12.4 Å². The van der Waals surface area contributed by atoms with Crippen LogP contribution in [0.5, 0.6) is 0 Å². The highest BCUT2D eigenvalue weighted by Crippen LogP contribution is 2.24. The monoisotopic (exact) mass is 344 g/mol. The van der Waals surface area contributed by atoms with Gasteiger partial charge >= 0.3 is 0 Å². The van der Waals surface area contributed by atoms with Crippen molar-refractivity contribution in [1.29, 1.82) is 0 Å². The van der Waals surface area contributed by atoms with Gasteiger partial charge in [-0.05, 0) is 18.1 Å². The first-order chi connectivity index (χ1) is 9.99. The van der Waals surface area contributed by atoms with E-state index in [4.69, 9.17) is 21.9 Å². The summed E-state index contributed by atoms with van der Waals surface area (Å²) in [6.07, 6.45) is 0. The lowest BCUT2D eigenvalue weighted by Crippen LogP contribution is -2.43. The summed E-state index contributed by atoms with van der Waals surface area (Å²) in [5, 5.41) is 7.06. The molecule has 0 aliphatic heterocycles.